The lowest BCUT2D eigenvalue weighted by Crippen LogP contribution is -1.90. The average molecular weight is 443 g/mol. The van der Waals surface area contributed by atoms with Crippen LogP contribution in [0.1, 0.15) is 20.9 Å². The zero-order valence-electron chi connectivity index (χ0n) is 15.1. The van der Waals surface area contributed by atoms with Crippen molar-refractivity contribution in [3.63, 3.8) is 0 Å². The highest BCUT2D eigenvalue weighted by molar-refractivity contribution is 8.00. The van der Waals surface area contributed by atoms with Crippen molar-refractivity contribution in [1.29, 1.82) is 0 Å². The molecular weight excluding hydrogens is 425 g/mol. The summed E-state index contributed by atoms with van der Waals surface area (Å²) in [4.78, 5) is 8.47. The highest BCUT2D eigenvalue weighted by atomic mass is 32.2. The number of hydrogen-bond acceptors (Lipinski definition) is 5. The maximum Gasteiger partial charge on any atom is 0.0451 e. The van der Waals surface area contributed by atoms with Gasteiger partial charge in [0.1, 0.15) is 0 Å². The van der Waals surface area contributed by atoms with Gasteiger partial charge in [0.15, 0.2) is 0 Å². The molecule has 5 heteroatoms. The summed E-state index contributed by atoms with van der Waals surface area (Å²) in [6, 6.07) is 13.6. The summed E-state index contributed by atoms with van der Waals surface area (Å²) in [5, 5.41) is 4.34. The van der Waals surface area contributed by atoms with Gasteiger partial charge >= 0.3 is 0 Å². The Kier molecular flexibility index (Phi) is 4.90. The molecule has 0 unspecified atom stereocenters. The minimum atomic E-state index is 1.13. The number of aryl methyl sites for hydroxylation is 2. The van der Waals surface area contributed by atoms with Crippen LogP contribution in [-0.4, -0.2) is 11.5 Å². The molecule has 0 saturated heterocycles. The first-order chi connectivity index (χ1) is 13.2. The molecule has 136 valence electrons. The van der Waals surface area contributed by atoms with E-state index in [9.17, 15) is 0 Å². The van der Waals surface area contributed by atoms with Crippen LogP contribution in [0.25, 0.3) is 30.7 Å². The van der Waals surface area contributed by atoms with Crippen LogP contribution in [0.15, 0.2) is 47.2 Å². The van der Waals surface area contributed by atoms with Crippen molar-refractivity contribution < 1.29 is 0 Å². The molecular formula is C22H18S5. The Balaban J connectivity index is 1.59. The smallest absolute Gasteiger partial charge is 0.0451 e. The van der Waals surface area contributed by atoms with Gasteiger partial charge in [0.25, 0.3) is 0 Å². The number of thiophene rings is 4. The van der Waals surface area contributed by atoms with Crippen LogP contribution in [0.4, 0.5) is 0 Å². The largest absolute Gasteiger partial charge is 0.152 e. The lowest BCUT2D eigenvalue weighted by atomic mass is 9.97. The molecule has 4 aromatic rings. The molecule has 5 heterocycles. The molecule has 0 radical (unpaired) electrons. The summed E-state index contributed by atoms with van der Waals surface area (Å²) in [7, 11) is 0. The Bertz CT molecular complexity index is 1020. The van der Waals surface area contributed by atoms with E-state index in [1.807, 2.05) is 45.3 Å². The molecule has 0 atom stereocenters. The van der Waals surface area contributed by atoms with Gasteiger partial charge in [-0.1, -0.05) is 12.1 Å². The molecule has 0 amide bonds. The quantitative estimate of drug-likeness (QED) is 0.305. The van der Waals surface area contributed by atoms with Crippen LogP contribution in [0.2, 0.25) is 0 Å². The molecule has 0 bridgehead atoms. The molecule has 0 fully saturated rings. The van der Waals surface area contributed by atoms with Crippen molar-refractivity contribution in [2.75, 3.05) is 11.5 Å². The van der Waals surface area contributed by atoms with Crippen LogP contribution >= 0.6 is 57.1 Å². The lowest BCUT2D eigenvalue weighted by molar-refractivity contribution is 1.51. The van der Waals surface area contributed by atoms with Crippen molar-refractivity contribution in [1.82, 2.24) is 0 Å². The zero-order chi connectivity index (χ0) is 18.4. The number of thioether (sulfide) groups is 1. The van der Waals surface area contributed by atoms with E-state index in [1.165, 1.54) is 40.4 Å². The molecule has 0 nitrogen and oxygen atoms in total. The van der Waals surface area contributed by atoms with Gasteiger partial charge in [-0.3, -0.25) is 0 Å². The summed E-state index contributed by atoms with van der Waals surface area (Å²) in [5.41, 5.74) is 6.03. The fourth-order valence-corrected chi connectivity index (χ4v) is 8.47. The van der Waals surface area contributed by atoms with E-state index in [2.05, 4.69) is 72.8 Å². The second-order valence-electron chi connectivity index (χ2n) is 6.57. The Morgan fingerprint density at radius 2 is 1.15 bits per heavy atom. The lowest BCUT2D eigenvalue weighted by Gasteiger charge is -2.06. The maximum absolute atomic E-state index is 2.43. The molecule has 0 N–H and O–H groups in total. The highest BCUT2D eigenvalue weighted by Crippen LogP contribution is 2.46. The van der Waals surface area contributed by atoms with Gasteiger partial charge in [0.2, 0.25) is 0 Å². The van der Waals surface area contributed by atoms with E-state index in [0.29, 0.717) is 0 Å². The summed E-state index contributed by atoms with van der Waals surface area (Å²) in [5.74, 6) is 2.25. The third-order valence-electron chi connectivity index (χ3n) is 4.87. The molecule has 0 saturated carbocycles. The van der Waals surface area contributed by atoms with Gasteiger partial charge < -0.3 is 0 Å². The molecule has 1 aliphatic heterocycles. The van der Waals surface area contributed by atoms with E-state index >= 15 is 0 Å². The predicted molar refractivity (Wildman–Crippen MR) is 129 cm³/mol. The van der Waals surface area contributed by atoms with Gasteiger partial charge in [0.05, 0.1) is 0 Å². The third kappa shape index (κ3) is 3.30. The van der Waals surface area contributed by atoms with Crippen molar-refractivity contribution in [3.8, 4) is 19.5 Å². The summed E-state index contributed by atoms with van der Waals surface area (Å²) in [6.45, 7) is 4.56. The first-order valence-corrected chi connectivity index (χ1v) is 13.3. The monoisotopic (exact) mass is 442 g/mol. The van der Waals surface area contributed by atoms with Crippen LogP contribution in [0, 0.1) is 13.8 Å². The Morgan fingerprint density at radius 1 is 0.667 bits per heavy atom. The molecule has 4 aromatic heterocycles. The Morgan fingerprint density at radius 3 is 1.56 bits per heavy atom. The van der Waals surface area contributed by atoms with Crippen LogP contribution in [0.5, 0.6) is 0 Å². The Hall–Kier alpha value is -1.11. The minimum absolute atomic E-state index is 1.13. The SMILES string of the molecule is Cc1sc(-c2cccs2)cc1C1=C(c2cc(-c3cccs3)sc2C)CSC1. The molecule has 0 aromatic carbocycles. The van der Waals surface area contributed by atoms with Crippen LogP contribution in [-0.2, 0) is 0 Å². The first kappa shape index (κ1) is 18.0. The van der Waals surface area contributed by atoms with E-state index in [-0.39, 0.29) is 0 Å². The second kappa shape index (κ2) is 7.37. The van der Waals surface area contributed by atoms with Gasteiger partial charge in [0, 0.05) is 40.8 Å². The number of rotatable bonds is 4. The topological polar surface area (TPSA) is 0 Å². The van der Waals surface area contributed by atoms with Gasteiger partial charge in [-0.15, -0.1) is 45.3 Å². The average Bonchev–Trinajstić information content (AvgIpc) is 3.45. The van der Waals surface area contributed by atoms with Gasteiger partial charge in [-0.25, -0.2) is 0 Å². The van der Waals surface area contributed by atoms with E-state index in [4.69, 9.17) is 0 Å². The predicted octanol–water partition coefficient (Wildman–Crippen LogP) is 8.54. The third-order valence-corrected chi connectivity index (χ3v) is 10.1. The van der Waals surface area contributed by atoms with Crippen molar-refractivity contribution in [2.24, 2.45) is 0 Å². The minimum Gasteiger partial charge on any atom is -0.152 e. The maximum atomic E-state index is 2.43. The van der Waals surface area contributed by atoms with Crippen LogP contribution < -0.4 is 0 Å². The second-order valence-corrected chi connectivity index (χ2v) is 12.0. The summed E-state index contributed by atoms with van der Waals surface area (Å²) in [6.07, 6.45) is 0. The molecule has 0 spiro atoms. The van der Waals surface area contributed by atoms with E-state index in [0.717, 1.165) is 11.5 Å². The molecule has 27 heavy (non-hydrogen) atoms. The van der Waals surface area contributed by atoms with Crippen LogP contribution in [0.3, 0.4) is 0 Å². The first-order valence-electron chi connectivity index (χ1n) is 8.80. The fraction of sp³-hybridized carbons (Fsp3) is 0.182. The summed E-state index contributed by atoms with van der Waals surface area (Å²) < 4.78 is 0. The van der Waals surface area contributed by atoms with Crippen molar-refractivity contribution in [3.05, 3.63) is 68.0 Å². The number of hydrogen-bond donors (Lipinski definition) is 0. The molecule has 5 rings (SSSR count). The van der Waals surface area contributed by atoms with Gasteiger partial charge in [-0.2, -0.15) is 11.8 Å². The van der Waals surface area contributed by atoms with Crippen molar-refractivity contribution >= 4 is 68.3 Å². The Labute approximate surface area is 180 Å². The fourth-order valence-electron chi connectivity index (χ4n) is 3.55. The van der Waals surface area contributed by atoms with E-state index < -0.39 is 0 Å². The van der Waals surface area contributed by atoms with Gasteiger partial charge in [-0.05, 0) is 71.1 Å². The normalized spacial score (nSPS) is 14.4. The summed E-state index contributed by atoms with van der Waals surface area (Å²) >= 11 is 9.59. The standard InChI is InChI=1S/C22H18S5/c1-13-15(9-21(26-13)19-5-3-7-24-19)17-11-23-12-18(17)16-10-22(27-14(16)2)20-6-4-8-25-20/h3-10H,11-12H2,1-2H3. The highest BCUT2D eigenvalue weighted by Gasteiger charge is 2.24. The van der Waals surface area contributed by atoms with Crippen molar-refractivity contribution in [2.45, 2.75) is 13.8 Å². The zero-order valence-corrected chi connectivity index (χ0v) is 19.2. The molecule has 1 aliphatic rings. The molecule has 0 aliphatic carbocycles. The van der Waals surface area contributed by atoms with E-state index in [1.54, 1.807) is 11.1 Å².